The van der Waals surface area contributed by atoms with Crippen molar-refractivity contribution in [1.82, 2.24) is 10.6 Å². The summed E-state index contributed by atoms with van der Waals surface area (Å²) in [5.74, 6) is 1.08. The summed E-state index contributed by atoms with van der Waals surface area (Å²) in [6, 6.07) is 5.44. The van der Waals surface area contributed by atoms with E-state index < -0.39 is 0 Å². The molecule has 126 valence electrons. The molecule has 0 heterocycles. The predicted molar refractivity (Wildman–Crippen MR) is 90.7 cm³/mol. The SMILES string of the molecule is COc1ccc(/C=C/C(=O)NCCCCNC(=N)N)cc1OC. The standard InChI is InChI=1S/C16H24N4O3/c1-22-13-7-5-12(11-14(13)23-2)6-8-15(21)19-9-3-4-10-20-16(17)18/h5-8,11H,3-4,9-10H2,1-2H3,(H,19,21)(H4,17,18,20)/b8-6+. The third-order valence-corrected chi connectivity index (χ3v) is 3.05. The minimum Gasteiger partial charge on any atom is -0.493 e. The number of rotatable bonds is 9. The summed E-state index contributed by atoms with van der Waals surface area (Å²) in [6.45, 7) is 1.21. The molecule has 0 bridgehead atoms. The molecule has 1 aromatic carbocycles. The zero-order valence-corrected chi connectivity index (χ0v) is 13.5. The van der Waals surface area contributed by atoms with E-state index in [-0.39, 0.29) is 11.9 Å². The average molecular weight is 320 g/mol. The van der Waals surface area contributed by atoms with Crippen LogP contribution in [0.5, 0.6) is 11.5 Å². The van der Waals surface area contributed by atoms with Crippen molar-refractivity contribution in [3.8, 4) is 11.5 Å². The van der Waals surface area contributed by atoms with Gasteiger partial charge in [0.15, 0.2) is 17.5 Å². The van der Waals surface area contributed by atoms with Crippen molar-refractivity contribution in [3.05, 3.63) is 29.8 Å². The second kappa shape index (κ2) is 10.1. The molecule has 0 fully saturated rings. The first-order chi connectivity index (χ1) is 11.1. The molecule has 7 nitrogen and oxygen atoms in total. The van der Waals surface area contributed by atoms with Crippen LogP contribution in [0, 0.1) is 5.41 Å². The summed E-state index contributed by atoms with van der Waals surface area (Å²) >= 11 is 0. The number of nitrogens with two attached hydrogens (primary N) is 1. The molecule has 0 unspecified atom stereocenters. The van der Waals surface area contributed by atoms with Crippen molar-refractivity contribution < 1.29 is 14.3 Å². The molecule has 0 aromatic heterocycles. The van der Waals surface area contributed by atoms with E-state index >= 15 is 0 Å². The minimum atomic E-state index is -0.153. The van der Waals surface area contributed by atoms with Crippen LogP contribution in [-0.4, -0.2) is 39.2 Å². The lowest BCUT2D eigenvalue weighted by Gasteiger charge is -2.07. The second-order valence-electron chi connectivity index (χ2n) is 4.79. The highest BCUT2D eigenvalue weighted by atomic mass is 16.5. The fraction of sp³-hybridized carbons (Fsp3) is 0.375. The molecule has 1 amide bonds. The summed E-state index contributed by atoms with van der Waals surface area (Å²) in [7, 11) is 3.14. The maximum absolute atomic E-state index is 11.7. The topological polar surface area (TPSA) is 109 Å². The summed E-state index contributed by atoms with van der Waals surface area (Å²) in [4.78, 5) is 11.7. The Morgan fingerprint density at radius 3 is 2.43 bits per heavy atom. The highest BCUT2D eigenvalue weighted by Gasteiger charge is 2.03. The van der Waals surface area contributed by atoms with Gasteiger partial charge in [-0.25, -0.2) is 0 Å². The maximum atomic E-state index is 11.7. The predicted octanol–water partition coefficient (Wildman–Crippen LogP) is 1.10. The molecule has 1 aromatic rings. The molecule has 5 N–H and O–H groups in total. The van der Waals surface area contributed by atoms with Crippen LogP contribution in [0.25, 0.3) is 6.08 Å². The molecule has 0 radical (unpaired) electrons. The van der Waals surface area contributed by atoms with Crippen LogP contribution in [0.2, 0.25) is 0 Å². The first-order valence-electron chi connectivity index (χ1n) is 7.32. The number of carbonyl (C=O) groups excluding carboxylic acids is 1. The summed E-state index contributed by atoms with van der Waals surface area (Å²) in [6.07, 6.45) is 4.85. The molecular formula is C16H24N4O3. The molecule has 7 heteroatoms. The molecule has 1 rings (SSSR count). The molecule has 0 aliphatic heterocycles. The van der Waals surface area contributed by atoms with Crippen molar-refractivity contribution in [2.45, 2.75) is 12.8 Å². The van der Waals surface area contributed by atoms with Gasteiger partial charge in [-0.05, 0) is 36.6 Å². The van der Waals surface area contributed by atoms with Gasteiger partial charge in [0.2, 0.25) is 5.91 Å². The lowest BCUT2D eigenvalue weighted by molar-refractivity contribution is -0.116. The van der Waals surface area contributed by atoms with E-state index in [9.17, 15) is 4.79 Å². The van der Waals surface area contributed by atoms with Gasteiger partial charge >= 0.3 is 0 Å². The number of hydrogen-bond donors (Lipinski definition) is 4. The van der Waals surface area contributed by atoms with E-state index in [0.717, 1.165) is 18.4 Å². The zero-order valence-electron chi connectivity index (χ0n) is 13.5. The molecule has 0 atom stereocenters. The molecule has 0 saturated heterocycles. The van der Waals surface area contributed by atoms with Crippen molar-refractivity contribution in [2.75, 3.05) is 27.3 Å². The van der Waals surface area contributed by atoms with E-state index in [1.807, 2.05) is 6.07 Å². The van der Waals surface area contributed by atoms with Gasteiger partial charge in [0.1, 0.15) is 0 Å². The summed E-state index contributed by atoms with van der Waals surface area (Å²) < 4.78 is 10.4. The largest absolute Gasteiger partial charge is 0.493 e. The van der Waals surface area contributed by atoms with Gasteiger partial charge in [-0.15, -0.1) is 0 Å². The average Bonchev–Trinajstić information content (AvgIpc) is 2.55. The van der Waals surface area contributed by atoms with Gasteiger partial charge in [-0.3, -0.25) is 10.2 Å². The number of hydrogen-bond acceptors (Lipinski definition) is 4. The molecule has 23 heavy (non-hydrogen) atoms. The quantitative estimate of drug-likeness (QED) is 0.236. The van der Waals surface area contributed by atoms with Crippen LogP contribution >= 0.6 is 0 Å². The Morgan fingerprint density at radius 2 is 1.83 bits per heavy atom. The van der Waals surface area contributed by atoms with Crippen LogP contribution in [0.3, 0.4) is 0 Å². The number of carbonyl (C=O) groups is 1. The Balaban J connectivity index is 2.36. The molecule has 0 aliphatic carbocycles. The molecule has 0 saturated carbocycles. The van der Waals surface area contributed by atoms with Gasteiger partial charge in [0.25, 0.3) is 0 Å². The fourth-order valence-corrected chi connectivity index (χ4v) is 1.87. The Morgan fingerprint density at radius 1 is 1.17 bits per heavy atom. The molecular weight excluding hydrogens is 296 g/mol. The number of amides is 1. The van der Waals surface area contributed by atoms with Crippen LogP contribution < -0.4 is 25.8 Å². The third kappa shape index (κ3) is 7.21. The number of unbranched alkanes of at least 4 members (excludes halogenated alkanes) is 1. The van der Waals surface area contributed by atoms with Gasteiger partial charge in [-0.1, -0.05) is 6.07 Å². The van der Waals surface area contributed by atoms with Crippen molar-refractivity contribution >= 4 is 17.9 Å². The Kier molecular flexibility index (Phi) is 8.06. The number of nitrogens with one attached hydrogen (secondary N) is 3. The number of guanidine groups is 1. The number of benzene rings is 1. The van der Waals surface area contributed by atoms with Crippen LogP contribution in [0.4, 0.5) is 0 Å². The summed E-state index contributed by atoms with van der Waals surface area (Å²) in [5, 5.41) is 12.5. The van der Waals surface area contributed by atoms with Gasteiger partial charge in [0, 0.05) is 19.2 Å². The first-order valence-corrected chi connectivity index (χ1v) is 7.32. The van der Waals surface area contributed by atoms with Crippen molar-refractivity contribution in [2.24, 2.45) is 5.73 Å². The van der Waals surface area contributed by atoms with Crippen LogP contribution in [-0.2, 0) is 4.79 Å². The van der Waals surface area contributed by atoms with Gasteiger partial charge in [0.05, 0.1) is 14.2 Å². The lowest BCUT2D eigenvalue weighted by Crippen LogP contribution is -2.31. The maximum Gasteiger partial charge on any atom is 0.243 e. The molecule has 0 spiro atoms. The Hall–Kier alpha value is -2.70. The van der Waals surface area contributed by atoms with Crippen molar-refractivity contribution in [3.63, 3.8) is 0 Å². The third-order valence-electron chi connectivity index (χ3n) is 3.05. The Bertz CT molecular complexity index is 558. The normalized spacial score (nSPS) is 10.3. The van der Waals surface area contributed by atoms with Gasteiger partial charge < -0.3 is 25.8 Å². The zero-order chi connectivity index (χ0) is 17.1. The van der Waals surface area contributed by atoms with E-state index in [2.05, 4.69) is 10.6 Å². The highest BCUT2D eigenvalue weighted by Crippen LogP contribution is 2.27. The molecule has 0 aliphatic rings. The monoisotopic (exact) mass is 320 g/mol. The summed E-state index contributed by atoms with van der Waals surface area (Å²) in [5.41, 5.74) is 6.02. The lowest BCUT2D eigenvalue weighted by atomic mass is 10.2. The van der Waals surface area contributed by atoms with Crippen LogP contribution in [0.15, 0.2) is 24.3 Å². The van der Waals surface area contributed by atoms with E-state index in [0.29, 0.717) is 24.6 Å². The fourth-order valence-electron chi connectivity index (χ4n) is 1.87. The van der Waals surface area contributed by atoms with E-state index in [1.165, 1.54) is 6.08 Å². The number of ether oxygens (including phenoxy) is 2. The highest BCUT2D eigenvalue weighted by molar-refractivity contribution is 5.91. The first kappa shape index (κ1) is 18.3. The van der Waals surface area contributed by atoms with Crippen LogP contribution in [0.1, 0.15) is 18.4 Å². The smallest absolute Gasteiger partial charge is 0.243 e. The van der Waals surface area contributed by atoms with Gasteiger partial charge in [-0.2, -0.15) is 0 Å². The van der Waals surface area contributed by atoms with E-state index in [4.69, 9.17) is 20.6 Å². The number of methoxy groups -OCH3 is 2. The Labute approximate surface area is 136 Å². The van der Waals surface area contributed by atoms with Crippen molar-refractivity contribution in [1.29, 1.82) is 5.41 Å². The second-order valence-corrected chi connectivity index (χ2v) is 4.79. The minimum absolute atomic E-state index is 0.0353. The van der Waals surface area contributed by atoms with E-state index in [1.54, 1.807) is 32.4 Å².